The molecule has 0 aromatic heterocycles. The van der Waals surface area contributed by atoms with E-state index in [-0.39, 0.29) is 5.91 Å². The fourth-order valence-electron chi connectivity index (χ4n) is 1.80. The molecule has 0 spiro atoms. The van der Waals surface area contributed by atoms with Gasteiger partial charge in [-0.15, -0.1) is 0 Å². The van der Waals surface area contributed by atoms with E-state index >= 15 is 0 Å². The zero-order chi connectivity index (χ0) is 16.3. The lowest BCUT2D eigenvalue weighted by Crippen LogP contribution is -2.43. The first kappa shape index (κ1) is 19.7. The first-order valence-corrected chi connectivity index (χ1v) is 8.02. The Bertz CT molecular complexity index is 321. The van der Waals surface area contributed by atoms with Gasteiger partial charge in [-0.3, -0.25) is 9.79 Å². The third kappa shape index (κ3) is 12.2. The molecule has 0 aromatic carbocycles. The van der Waals surface area contributed by atoms with Gasteiger partial charge in [-0.05, 0) is 31.6 Å². The normalized spacial score (nSPS) is 13.7. The van der Waals surface area contributed by atoms with Crippen molar-refractivity contribution in [2.45, 2.75) is 66.3 Å². The molecule has 21 heavy (non-hydrogen) atoms. The van der Waals surface area contributed by atoms with Crippen LogP contribution in [-0.2, 0) is 4.79 Å². The quantitative estimate of drug-likeness (QED) is 0.476. The zero-order valence-corrected chi connectivity index (χ0v) is 14.7. The highest BCUT2D eigenvalue weighted by atomic mass is 16.1. The van der Waals surface area contributed by atoms with Crippen LogP contribution in [0.3, 0.4) is 0 Å². The monoisotopic (exact) mass is 298 g/mol. The van der Waals surface area contributed by atoms with Crippen molar-refractivity contribution in [3.63, 3.8) is 0 Å². The summed E-state index contributed by atoms with van der Waals surface area (Å²) in [6.07, 6.45) is 3.70. The number of hydrogen-bond acceptors (Lipinski definition) is 2. The van der Waals surface area contributed by atoms with Crippen LogP contribution in [0.5, 0.6) is 0 Å². The Morgan fingerprint density at radius 3 is 2.38 bits per heavy atom. The molecule has 0 saturated carbocycles. The van der Waals surface area contributed by atoms with Crippen molar-refractivity contribution in [2.24, 2.45) is 10.4 Å². The average Bonchev–Trinajstić information content (AvgIpc) is 2.41. The summed E-state index contributed by atoms with van der Waals surface area (Å²) in [5.74, 6) is 0.847. The van der Waals surface area contributed by atoms with Gasteiger partial charge in [0.25, 0.3) is 0 Å². The number of carbonyl (C=O) groups excluding carboxylic acids is 1. The van der Waals surface area contributed by atoms with E-state index in [1.165, 1.54) is 0 Å². The molecule has 0 bridgehead atoms. The summed E-state index contributed by atoms with van der Waals surface area (Å²) >= 11 is 0. The maximum Gasteiger partial charge on any atom is 0.221 e. The Morgan fingerprint density at radius 1 is 1.19 bits per heavy atom. The number of aliphatic imine (C=N–C) groups is 1. The van der Waals surface area contributed by atoms with Gasteiger partial charge < -0.3 is 16.0 Å². The van der Waals surface area contributed by atoms with Crippen LogP contribution in [0.25, 0.3) is 0 Å². The number of nitrogens with one attached hydrogen (secondary N) is 3. The van der Waals surface area contributed by atoms with Crippen LogP contribution in [-0.4, -0.2) is 38.0 Å². The number of rotatable bonds is 8. The largest absolute Gasteiger partial charge is 0.356 e. The van der Waals surface area contributed by atoms with E-state index in [9.17, 15) is 4.79 Å². The number of carbonyl (C=O) groups is 1. The highest BCUT2D eigenvalue weighted by molar-refractivity contribution is 5.81. The van der Waals surface area contributed by atoms with Crippen molar-refractivity contribution in [2.75, 3.05) is 20.1 Å². The second-order valence-corrected chi connectivity index (χ2v) is 6.74. The first-order chi connectivity index (χ1) is 9.78. The summed E-state index contributed by atoms with van der Waals surface area (Å²) in [6.45, 7) is 12.3. The second-order valence-electron chi connectivity index (χ2n) is 6.74. The van der Waals surface area contributed by atoms with Crippen LogP contribution >= 0.6 is 0 Å². The third-order valence-electron chi connectivity index (χ3n) is 3.15. The molecule has 5 heteroatoms. The Morgan fingerprint density at radius 2 is 1.86 bits per heavy atom. The molecule has 1 atom stereocenters. The van der Waals surface area contributed by atoms with E-state index in [2.05, 4.69) is 48.6 Å². The van der Waals surface area contributed by atoms with Crippen molar-refractivity contribution >= 4 is 11.9 Å². The van der Waals surface area contributed by atoms with Crippen molar-refractivity contribution < 1.29 is 4.79 Å². The zero-order valence-electron chi connectivity index (χ0n) is 14.7. The molecular formula is C16H34N4O. The average molecular weight is 298 g/mol. The van der Waals surface area contributed by atoms with E-state index in [0.29, 0.717) is 24.4 Å². The molecule has 5 nitrogen and oxygen atoms in total. The van der Waals surface area contributed by atoms with Crippen LogP contribution in [0.15, 0.2) is 4.99 Å². The van der Waals surface area contributed by atoms with Crippen LogP contribution in [0, 0.1) is 5.41 Å². The minimum atomic E-state index is 0.0839. The molecule has 0 aromatic rings. The molecule has 1 unspecified atom stereocenters. The van der Waals surface area contributed by atoms with Gasteiger partial charge in [-0.2, -0.15) is 0 Å². The van der Waals surface area contributed by atoms with Crippen molar-refractivity contribution in [3.05, 3.63) is 0 Å². The van der Waals surface area contributed by atoms with Crippen LogP contribution in [0.2, 0.25) is 0 Å². The minimum Gasteiger partial charge on any atom is -0.356 e. The Labute approximate surface area is 130 Å². The number of amides is 1. The topological polar surface area (TPSA) is 65.5 Å². The minimum absolute atomic E-state index is 0.0839. The van der Waals surface area contributed by atoms with Gasteiger partial charge in [0.1, 0.15) is 0 Å². The summed E-state index contributed by atoms with van der Waals surface area (Å²) in [7, 11) is 1.75. The van der Waals surface area contributed by atoms with E-state index in [4.69, 9.17) is 0 Å². The lowest BCUT2D eigenvalue weighted by molar-refractivity contribution is -0.120. The molecule has 124 valence electrons. The molecule has 0 aliphatic rings. The van der Waals surface area contributed by atoms with Gasteiger partial charge in [0.05, 0.1) is 0 Å². The molecule has 0 radical (unpaired) electrons. The van der Waals surface area contributed by atoms with Gasteiger partial charge in [0.15, 0.2) is 5.96 Å². The van der Waals surface area contributed by atoms with Crippen molar-refractivity contribution in [3.8, 4) is 0 Å². The van der Waals surface area contributed by atoms with Gasteiger partial charge in [0, 0.05) is 32.6 Å². The summed E-state index contributed by atoms with van der Waals surface area (Å²) < 4.78 is 0. The molecule has 0 rings (SSSR count). The fraction of sp³-hybridized carbons (Fsp3) is 0.875. The van der Waals surface area contributed by atoms with E-state index in [1.807, 2.05) is 6.92 Å². The Kier molecular flexibility index (Phi) is 9.84. The number of hydrogen-bond donors (Lipinski definition) is 3. The van der Waals surface area contributed by atoms with Gasteiger partial charge in [-0.25, -0.2) is 0 Å². The summed E-state index contributed by atoms with van der Waals surface area (Å²) in [6, 6.07) is 0.365. The number of nitrogens with zero attached hydrogens (tertiary/aromatic N) is 1. The highest BCUT2D eigenvalue weighted by Gasteiger charge is 2.13. The fourth-order valence-corrected chi connectivity index (χ4v) is 1.80. The van der Waals surface area contributed by atoms with E-state index in [1.54, 1.807) is 7.05 Å². The molecule has 0 heterocycles. The smallest absolute Gasteiger partial charge is 0.221 e. The van der Waals surface area contributed by atoms with Crippen LogP contribution in [0.4, 0.5) is 0 Å². The second kappa shape index (κ2) is 10.5. The number of guanidine groups is 1. The Balaban J connectivity index is 3.93. The maximum atomic E-state index is 11.5. The third-order valence-corrected chi connectivity index (χ3v) is 3.15. The Hall–Kier alpha value is -1.26. The van der Waals surface area contributed by atoms with Crippen LogP contribution < -0.4 is 16.0 Å². The standard InChI is InChI=1S/C16H34N4O/c1-7-11-18-14(21)9-12-19-15(17-6)20-13(2)8-10-16(3,4)5/h13H,7-12H2,1-6H3,(H,18,21)(H2,17,19,20). The summed E-state index contributed by atoms with van der Waals surface area (Å²) in [5, 5.41) is 9.41. The first-order valence-electron chi connectivity index (χ1n) is 8.02. The lowest BCUT2D eigenvalue weighted by atomic mass is 9.89. The van der Waals surface area contributed by atoms with E-state index < -0.39 is 0 Å². The predicted molar refractivity (Wildman–Crippen MR) is 90.6 cm³/mol. The summed E-state index contributed by atoms with van der Waals surface area (Å²) in [5.41, 5.74) is 0.351. The molecular weight excluding hydrogens is 264 g/mol. The van der Waals surface area contributed by atoms with Gasteiger partial charge in [-0.1, -0.05) is 27.7 Å². The van der Waals surface area contributed by atoms with Crippen molar-refractivity contribution in [1.29, 1.82) is 0 Å². The molecule has 0 aliphatic carbocycles. The molecule has 0 saturated heterocycles. The van der Waals surface area contributed by atoms with Gasteiger partial charge >= 0.3 is 0 Å². The highest BCUT2D eigenvalue weighted by Crippen LogP contribution is 2.21. The SMILES string of the molecule is CCCNC(=O)CCNC(=NC)NC(C)CCC(C)(C)C. The van der Waals surface area contributed by atoms with Crippen LogP contribution in [0.1, 0.15) is 60.3 Å². The lowest BCUT2D eigenvalue weighted by Gasteiger charge is -2.23. The van der Waals surface area contributed by atoms with Crippen molar-refractivity contribution in [1.82, 2.24) is 16.0 Å². The molecule has 0 fully saturated rings. The van der Waals surface area contributed by atoms with E-state index in [0.717, 1.165) is 31.8 Å². The molecule has 3 N–H and O–H groups in total. The summed E-state index contributed by atoms with van der Waals surface area (Å²) in [4.78, 5) is 15.7. The molecule has 1 amide bonds. The predicted octanol–water partition coefficient (Wildman–Crippen LogP) is 2.28. The maximum absolute atomic E-state index is 11.5. The molecule has 0 aliphatic heterocycles. The van der Waals surface area contributed by atoms with Gasteiger partial charge in [0.2, 0.25) is 5.91 Å².